The van der Waals surface area contributed by atoms with Crippen LogP contribution in [0.15, 0.2) is 41.2 Å². The molecule has 1 aromatic heterocycles. The summed E-state index contributed by atoms with van der Waals surface area (Å²) in [7, 11) is 0. The molecule has 2 N–H and O–H groups in total. The molecule has 19 heavy (non-hydrogen) atoms. The molecule has 1 heterocycles. The quantitative estimate of drug-likeness (QED) is 0.853. The summed E-state index contributed by atoms with van der Waals surface area (Å²) in [6.45, 7) is 4.83. The van der Waals surface area contributed by atoms with E-state index < -0.39 is 6.10 Å². The third-order valence-corrected chi connectivity index (χ3v) is 3.05. The molecule has 0 saturated carbocycles. The highest BCUT2D eigenvalue weighted by Gasteiger charge is 2.09. The number of pyridine rings is 1. The van der Waals surface area contributed by atoms with Crippen LogP contribution < -0.4 is 10.9 Å². The predicted octanol–water partition coefficient (Wildman–Crippen LogP) is 1.36. The van der Waals surface area contributed by atoms with Gasteiger partial charge < -0.3 is 15.0 Å². The van der Waals surface area contributed by atoms with Gasteiger partial charge in [-0.15, -0.1) is 0 Å². The molecule has 0 amide bonds. The lowest BCUT2D eigenvalue weighted by molar-refractivity contribution is 0.149. The zero-order chi connectivity index (χ0) is 13.8. The number of hydrogen-bond acceptors (Lipinski definition) is 3. The van der Waals surface area contributed by atoms with Crippen LogP contribution in [0, 0.1) is 0 Å². The molecule has 1 aromatic carbocycles. The molecule has 2 aromatic rings. The molecule has 1 unspecified atom stereocenters. The van der Waals surface area contributed by atoms with Gasteiger partial charge in [0.2, 0.25) is 0 Å². The van der Waals surface area contributed by atoms with Gasteiger partial charge in [-0.25, -0.2) is 0 Å². The van der Waals surface area contributed by atoms with Crippen molar-refractivity contribution in [2.45, 2.75) is 32.5 Å². The molecule has 0 aliphatic rings. The van der Waals surface area contributed by atoms with Crippen LogP contribution >= 0.6 is 0 Å². The maximum absolute atomic E-state index is 11.9. The number of hydrogen-bond donors (Lipinski definition) is 2. The first-order valence-electron chi connectivity index (χ1n) is 6.58. The minimum absolute atomic E-state index is 0.0812. The van der Waals surface area contributed by atoms with E-state index in [1.807, 2.05) is 44.2 Å². The van der Waals surface area contributed by atoms with Crippen LogP contribution in [0.2, 0.25) is 0 Å². The third-order valence-electron chi connectivity index (χ3n) is 3.05. The lowest BCUT2D eigenvalue weighted by Gasteiger charge is -2.16. The second-order valence-corrected chi connectivity index (χ2v) is 5.06. The van der Waals surface area contributed by atoms with E-state index in [1.54, 1.807) is 10.6 Å². The van der Waals surface area contributed by atoms with E-state index in [2.05, 4.69) is 5.32 Å². The van der Waals surface area contributed by atoms with Gasteiger partial charge in [0.05, 0.1) is 18.2 Å². The van der Waals surface area contributed by atoms with Crippen molar-refractivity contribution in [3.05, 3.63) is 46.8 Å². The number of rotatable bonds is 5. The van der Waals surface area contributed by atoms with Gasteiger partial charge in [0.15, 0.2) is 0 Å². The Morgan fingerprint density at radius 3 is 2.68 bits per heavy atom. The van der Waals surface area contributed by atoms with Crippen molar-refractivity contribution in [3.8, 4) is 0 Å². The highest BCUT2D eigenvalue weighted by molar-refractivity contribution is 5.78. The Kier molecular flexibility index (Phi) is 4.35. The molecule has 2 rings (SSSR count). The number of benzene rings is 1. The molecule has 4 heteroatoms. The van der Waals surface area contributed by atoms with Gasteiger partial charge in [0.1, 0.15) is 0 Å². The van der Waals surface area contributed by atoms with Gasteiger partial charge in [0.25, 0.3) is 5.56 Å². The Bertz CT molecular complexity index is 604. The summed E-state index contributed by atoms with van der Waals surface area (Å²) in [6.07, 6.45) is -0.578. The van der Waals surface area contributed by atoms with E-state index in [9.17, 15) is 9.90 Å². The Balaban J connectivity index is 2.24. The van der Waals surface area contributed by atoms with Crippen LogP contribution in [0.1, 0.15) is 13.8 Å². The lowest BCUT2D eigenvalue weighted by Crippen LogP contribution is -2.36. The number of aliphatic hydroxyl groups excluding tert-OH is 1. The van der Waals surface area contributed by atoms with Crippen molar-refractivity contribution in [2.75, 3.05) is 6.54 Å². The second kappa shape index (κ2) is 5.99. The number of nitrogens with one attached hydrogen (secondary N) is 1. The summed E-state index contributed by atoms with van der Waals surface area (Å²) in [5, 5.41) is 14.2. The van der Waals surface area contributed by atoms with E-state index >= 15 is 0 Å². The van der Waals surface area contributed by atoms with Gasteiger partial charge in [-0.3, -0.25) is 4.79 Å². The van der Waals surface area contributed by atoms with Gasteiger partial charge in [-0.05, 0) is 17.5 Å². The SMILES string of the molecule is CC(C)NCC(O)Cn1c(=O)ccc2ccccc21. The van der Waals surface area contributed by atoms with Crippen molar-refractivity contribution in [3.63, 3.8) is 0 Å². The average molecular weight is 260 g/mol. The molecular weight excluding hydrogens is 240 g/mol. The smallest absolute Gasteiger partial charge is 0.251 e. The molecule has 0 bridgehead atoms. The number of fused-ring (bicyclic) bond motifs is 1. The minimum Gasteiger partial charge on any atom is -0.390 e. The molecule has 4 nitrogen and oxygen atoms in total. The summed E-state index contributed by atoms with van der Waals surface area (Å²) in [5.74, 6) is 0. The standard InChI is InChI=1S/C15H20N2O2/c1-11(2)16-9-13(18)10-17-14-6-4-3-5-12(14)7-8-15(17)19/h3-8,11,13,16,18H,9-10H2,1-2H3. The van der Waals surface area contributed by atoms with Crippen molar-refractivity contribution in [2.24, 2.45) is 0 Å². The Morgan fingerprint density at radius 2 is 1.95 bits per heavy atom. The van der Waals surface area contributed by atoms with Crippen LogP contribution in [0.5, 0.6) is 0 Å². The first kappa shape index (κ1) is 13.8. The van der Waals surface area contributed by atoms with E-state index in [-0.39, 0.29) is 5.56 Å². The van der Waals surface area contributed by atoms with E-state index in [4.69, 9.17) is 0 Å². The summed E-state index contributed by atoms with van der Waals surface area (Å²) in [4.78, 5) is 11.9. The van der Waals surface area contributed by atoms with Crippen LogP contribution in [-0.4, -0.2) is 28.4 Å². The van der Waals surface area contributed by atoms with E-state index in [1.165, 1.54) is 0 Å². The lowest BCUT2D eigenvalue weighted by atomic mass is 10.2. The fourth-order valence-corrected chi connectivity index (χ4v) is 2.08. The predicted molar refractivity (Wildman–Crippen MR) is 77.4 cm³/mol. The van der Waals surface area contributed by atoms with Crippen molar-refractivity contribution in [1.29, 1.82) is 0 Å². The van der Waals surface area contributed by atoms with Crippen LogP contribution in [0.25, 0.3) is 10.9 Å². The molecule has 102 valence electrons. The Labute approximate surface area is 112 Å². The van der Waals surface area contributed by atoms with E-state index in [0.717, 1.165) is 10.9 Å². The molecule has 0 radical (unpaired) electrons. The first-order chi connectivity index (χ1) is 9.08. The summed E-state index contributed by atoms with van der Waals surface area (Å²) in [6, 6.07) is 11.4. The van der Waals surface area contributed by atoms with Gasteiger partial charge >= 0.3 is 0 Å². The molecule has 0 saturated heterocycles. The van der Waals surface area contributed by atoms with Crippen LogP contribution in [0.4, 0.5) is 0 Å². The highest BCUT2D eigenvalue weighted by Crippen LogP contribution is 2.11. The zero-order valence-electron chi connectivity index (χ0n) is 11.3. The van der Waals surface area contributed by atoms with Gasteiger partial charge in [0, 0.05) is 18.7 Å². The maximum Gasteiger partial charge on any atom is 0.251 e. The van der Waals surface area contributed by atoms with E-state index in [0.29, 0.717) is 19.1 Å². The zero-order valence-corrected chi connectivity index (χ0v) is 11.3. The number of nitrogens with zero attached hydrogens (tertiary/aromatic N) is 1. The number of aliphatic hydroxyl groups is 1. The molecule has 0 aliphatic carbocycles. The highest BCUT2D eigenvalue weighted by atomic mass is 16.3. The van der Waals surface area contributed by atoms with Crippen molar-refractivity contribution >= 4 is 10.9 Å². The van der Waals surface area contributed by atoms with Crippen LogP contribution in [0.3, 0.4) is 0 Å². The molecule has 1 atom stereocenters. The summed E-state index contributed by atoms with van der Waals surface area (Å²) in [5.41, 5.74) is 0.779. The molecular formula is C15H20N2O2. The average Bonchev–Trinajstić information content (AvgIpc) is 2.40. The Hall–Kier alpha value is -1.65. The molecule has 0 aliphatic heterocycles. The second-order valence-electron chi connectivity index (χ2n) is 5.06. The Morgan fingerprint density at radius 1 is 1.21 bits per heavy atom. The number of aromatic nitrogens is 1. The largest absolute Gasteiger partial charge is 0.390 e. The fraction of sp³-hybridized carbons (Fsp3) is 0.400. The normalized spacial score (nSPS) is 13.1. The first-order valence-corrected chi connectivity index (χ1v) is 6.58. The van der Waals surface area contributed by atoms with Gasteiger partial charge in [-0.1, -0.05) is 32.0 Å². The fourth-order valence-electron chi connectivity index (χ4n) is 2.08. The van der Waals surface area contributed by atoms with Crippen molar-refractivity contribution in [1.82, 2.24) is 9.88 Å². The summed E-state index contributed by atoms with van der Waals surface area (Å²) < 4.78 is 1.63. The monoisotopic (exact) mass is 260 g/mol. The number of para-hydroxylation sites is 1. The topological polar surface area (TPSA) is 54.3 Å². The van der Waals surface area contributed by atoms with Crippen molar-refractivity contribution < 1.29 is 5.11 Å². The van der Waals surface area contributed by atoms with Gasteiger partial charge in [-0.2, -0.15) is 0 Å². The minimum atomic E-state index is -0.578. The van der Waals surface area contributed by atoms with Crippen LogP contribution in [-0.2, 0) is 6.54 Å². The maximum atomic E-state index is 11.9. The molecule has 0 spiro atoms. The summed E-state index contributed by atoms with van der Waals surface area (Å²) >= 11 is 0. The third kappa shape index (κ3) is 3.43. The molecule has 0 fully saturated rings.